The third-order valence-electron chi connectivity index (χ3n) is 2.09. The lowest BCUT2D eigenvalue weighted by molar-refractivity contribution is 0.0593. The van der Waals surface area contributed by atoms with E-state index in [0.29, 0.717) is 6.54 Å². The number of esters is 1. The lowest BCUT2D eigenvalue weighted by atomic mass is 10.4. The Balaban J connectivity index is 2.84. The highest BCUT2D eigenvalue weighted by atomic mass is 16.5. The Morgan fingerprint density at radius 1 is 1.56 bits per heavy atom. The second kappa shape index (κ2) is 5.85. The summed E-state index contributed by atoms with van der Waals surface area (Å²) in [5.41, 5.74) is 0.209. The molecular weight excluding hydrogens is 206 g/mol. The van der Waals surface area contributed by atoms with Crippen molar-refractivity contribution < 1.29 is 9.53 Å². The monoisotopic (exact) mass is 221 g/mol. The Morgan fingerprint density at radius 2 is 2.31 bits per heavy atom. The first-order chi connectivity index (χ1) is 7.72. The fourth-order valence-electron chi connectivity index (χ4n) is 1.23. The van der Waals surface area contributed by atoms with Crippen molar-refractivity contribution in [2.45, 2.75) is 6.92 Å². The minimum atomic E-state index is -0.481. The van der Waals surface area contributed by atoms with Crippen LogP contribution in [0.5, 0.6) is 0 Å². The van der Waals surface area contributed by atoms with Gasteiger partial charge in [-0.25, -0.2) is 14.8 Å². The second-order valence-corrected chi connectivity index (χ2v) is 3.08. The van der Waals surface area contributed by atoms with Gasteiger partial charge in [-0.15, -0.1) is 6.58 Å². The third-order valence-corrected chi connectivity index (χ3v) is 2.09. The summed E-state index contributed by atoms with van der Waals surface area (Å²) in [6.07, 6.45) is 4.76. The number of nitrogens with zero attached hydrogens (tertiary/aromatic N) is 3. The van der Waals surface area contributed by atoms with Gasteiger partial charge in [0.25, 0.3) is 0 Å². The molecule has 0 aromatic carbocycles. The van der Waals surface area contributed by atoms with Gasteiger partial charge in [0.1, 0.15) is 5.82 Å². The van der Waals surface area contributed by atoms with Crippen LogP contribution < -0.4 is 4.90 Å². The fourth-order valence-corrected chi connectivity index (χ4v) is 1.23. The number of anilines is 1. The topological polar surface area (TPSA) is 55.3 Å². The van der Waals surface area contributed by atoms with Crippen LogP contribution in [0.1, 0.15) is 17.4 Å². The van der Waals surface area contributed by atoms with Crippen molar-refractivity contribution in [2.24, 2.45) is 0 Å². The summed E-state index contributed by atoms with van der Waals surface area (Å²) in [4.78, 5) is 21.3. The zero-order chi connectivity index (χ0) is 12.0. The van der Waals surface area contributed by atoms with Gasteiger partial charge in [-0.3, -0.25) is 0 Å². The summed E-state index contributed by atoms with van der Waals surface area (Å²) in [6.45, 7) is 7.18. The van der Waals surface area contributed by atoms with E-state index in [2.05, 4.69) is 21.3 Å². The van der Waals surface area contributed by atoms with Crippen LogP contribution in [0.15, 0.2) is 25.0 Å². The number of aromatic nitrogens is 2. The van der Waals surface area contributed by atoms with E-state index in [1.807, 2.05) is 11.8 Å². The second-order valence-electron chi connectivity index (χ2n) is 3.08. The van der Waals surface area contributed by atoms with Crippen LogP contribution in [0.2, 0.25) is 0 Å². The average Bonchev–Trinajstić information content (AvgIpc) is 2.35. The molecule has 0 aliphatic heterocycles. The van der Waals surface area contributed by atoms with E-state index in [-0.39, 0.29) is 5.69 Å². The summed E-state index contributed by atoms with van der Waals surface area (Å²) in [7, 11) is 1.31. The molecule has 0 spiro atoms. The van der Waals surface area contributed by atoms with Gasteiger partial charge in [-0.1, -0.05) is 6.08 Å². The molecule has 0 fully saturated rings. The Kier molecular flexibility index (Phi) is 4.44. The van der Waals surface area contributed by atoms with Crippen LogP contribution in [-0.2, 0) is 4.74 Å². The zero-order valence-corrected chi connectivity index (χ0v) is 9.51. The number of ether oxygens (including phenoxy) is 1. The van der Waals surface area contributed by atoms with Crippen molar-refractivity contribution in [1.82, 2.24) is 9.97 Å². The summed E-state index contributed by atoms with van der Waals surface area (Å²) in [5.74, 6) is 0.237. The predicted octanol–water partition coefficient (Wildman–Crippen LogP) is 1.28. The molecule has 1 heterocycles. The van der Waals surface area contributed by atoms with Crippen molar-refractivity contribution in [3.63, 3.8) is 0 Å². The molecule has 1 aromatic rings. The maximum atomic E-state index is 11.1. The number of hydrogen-bond acceptors (Lipinski definition) is 5. The van der Waals surface area contributed by atoms with E-state index < -0.39 is 5.97 Å². The first-order valence-corrected chi connectivity index (χ1v) is 4.99. The predicted molar refractivity (Wildman–Crippen MR) is 61.5 cm³/mol. The molecule has 0 radical (unpaired) electrons. The minimum Gasteiger partial charge on any atom is -0.464 e. The van der Waals surface area contributed by atoms with E-state index >= 15 is 0 Å². The molecule has 0 N–H and O–H groups in total. The van der Waals surface area contributed by atoms with Crippen molar-refractivity contribution in [3.8, 4) is 0 Å². The molecule has 0 aliphatic carbocycles. The van der Waals surface area contributed by atoms with Gasteiger partial charge < -0.3 is 9.64 Å². The molecule has 1 aromatic heterocycles. The maximum absolute atomic E-state index is 11.1. The van der Waals surface area contributed by atoms with Gasteiger partial charge in [0.2, 0.25) is 0 Å². The Labute approximate surface area is 94.8 Å². The van der Waals surface area contributed by atoms with Crippen molar-refractivity contribution in [3.05, 3.63) is 30.7 Å². The van der Waals surface area contributed by atoms with Gasteiger partial charge in [-0.05, 0) is 6.92 Å². The zero-order valence-electron chi connectivity index (χ0n) is 9.51. The number of hydrogen-bond donors (Lipinski definition) is 0. The third kappa shape index (κ3) is 2.79. The molecule has 1 rings (SSSR count). The van der Waals surface area contributed by atoms with Gasteiger partial charge >= 0.3 is 5.97 Å². The van der Waals surface area contributed by atoms with E-state index in [1.54, 1.807) is 12.3 Å². The van der Waals surface area contributed by atoms with Gasteiger partial charge in [0.05, 0.1) is 19.5 Å². The molecule has 5 heteroatoms. The standard InChI is InChI=1S/C11H15N3O2/c1-4-6-14(5-2)10-8-12-9(7-13-10)11(15)16-3/h4,7-8H,1,5-6H2,2-3H3. The Hall–Kier alpha value is -1.91. The minimum absolute atomic E-state index is 0.209. The van der Waals surface area contributed by atoms with Gasteiger partial charge in [0.15, 0.2) is 5.69 Å². The molecule has 0 amide bonds. The highest BCUT2D eigenvalue weighted by molar-refractivity contribution is 5.86. The van der Waals surface area contributed by atoms with Crippen LogP contribution in [0.3, 0.4) is 0 Å². The van der Waals surface area contributed by atoms with Gasteiger partial charge in [0, 0.05) is 13.1 Å². The number of likely N-dealkylation sites (N-methyl/N-ethyl adjacent to an activating group) is 1. The van der Waals surface area contributed by atoms with Crippen molar-refractivity contribution >= 4 is 11.8 Å². The molecule has 0 unspecified atom stereocenters. The first kappa shape index (κ1) is 12.2. The van der Waals surface area contributed by atoms with Crippen LogP contribution in [0.4, 0.5) is 5.82 Å². The first-order valence-electron chi connectivity index (χ1n) is 4.99. The highest BCUT2D eigenvalue weighted by Crippen LogP contribution is 2.08. The lowest BCUT2D eigenvalue weighted by Gasteiger charge is -2.19. The molecule has 0 saturated carbocycles. The number of rotatable bonds is 5. The molecule has 0 bridgehead atoms. The van der Waals surface area contributed by atoms with Crippen LogP contribution in [0, 0.1) is 0 Å². The van der Waals surface area contributed by atoms with Gasteiger partial charge in [-0.2, -0.15) is 0 Å². The molecule has 5 nitrogen and oxygen atoms in total. The number of carbonyl (C=O) groups excluding carboxylic acids is 1. The Bertz CT molecular complexity index is 362. The van der Waals surface area contributed by atoms with Crippen LogP contribution in [-0.4, -0.2) is 36.1 Å². The quantitative estimate of drug-likeness (QED) is 0.553. The summed E-state index contributed by atoms with van der Waals surface area (Å²) < 4.78 is 4.54. The molecule has 16 heavy (non-hydrogen) atoms. The molecule has 0 atom stereocenters. The highest BCUT2D eigenvalue weighted by Gasteiger charge is 2.09. The maximum Gasteiger partial charge on any atom is 0.358 e. The van der Waals surface area contributed by atoms with E-state index in [4.69, 9.17) is 0 Å². The molecular formula is C11H15N3O2. The fraction of sp³-hybridized carbons (Fsp3) is 0.364. The van der Waals surface area contributed by atoms with E-state index in [9.17, 15) is 4.79 Å². The molecule has 0 aliphatic rings. The smallest absolute Gasteiger partial charge is 0.358 e. The summed E-state index contributed by atoms with van der Waals surface area (Å²) in [5, 5.41) is 0. The normalized spacial score (nSPS) is 9.62. The van der Waals surface area contributed by atoms with Crippen molar-refractivity contribution in [2.75, 3.05) is 25.1 Å². The average molecular weight is 221 g/mol. The summed E-state index contributed by atoms with van der Waals surface area (Å²) in [6, 6.07) is 0. The van der Waals surface area contributed by atoms with Crippen molar-refractivity contribution in [1.29, 1.82) is 0 Å². The number of carbonyl (C=O) groups is 1. The summed E-state index contributed by atoms with van der Waals surface area (Å²) >= 11 is 0. The van der Waals surface area contributed by atoms with E-state index in [1.165, 1.54) is 13.3 Å². The van der Waals surface area contributed by atoms with Crippen LogP contribution in [0.25, 0.3) is 0 Å². The van der Waals surface area contributed by atoms with E-state index in [0.717, 1.165) is 12.4 Å². The largest absolute Gasteiger partial charge is 0.464 e. The molecule has 86 valence electrons. The number of methoxy groups -OCH3 is 1. The Morgan fingerprint density at radius 3 is 2.75 bits per heavy atom. The van der Waals surface area contributed by atoms with Crippen LogP contribution >= 0.6 is 0 Å². The SMILES string of the molecule is C=CCN(CC)c1cnc(C(=O)OC)cn1. The molecule has 0 saturated heterocycles. The lowest BCUT2D eigenvalue weighted by Crippen LogP contribution is -2.24.